The van der Waals surface area contributed by atoms with E-state index in [9.17, 15) is 0 Å². The van der Waals surface area contributed by atoms with Crippen LogP contribution in [-0.2, 0) is 0 Å². The number of benzene rings is 2. The summed E-state index contributed by atoms with van der Waals surface area (Å²) in [6.07, 6.45) is 2.48. The number of methoxy groups -OCH3 is 1. The molecule has 1 atom stereocenters. The molecule has 1 unspecified atom stereocenters. The number of hydrogen-bond acceptors (Lipinski definition) is 3. The Bertz CT molecular complexity index is 635. The minimum atomic E-state index is 0.357. The molecular weight excluding hydrogens is 296 g/mol. The number of rotatable bonds is 7. The van der Waals surface area contributed by atoms with Gasteiger partial charge in [0.05, 0.1) is 7.11 Å². The molecule has 0 aromatic heterocycles. The van der Waals surface area contributed by atoms with Crippen molar-refractivity contribution in [2.75, 3.05) is 27.7 Å². The number of nitrogens with zero attached hydrogens (tertiary/aromatic N) is 1. The highest BCUT2D eigenvalue weighted by molar-refractivity contribution is 5.31. The Balaban J connectivity index is 1.54. The first-order valence-electron chi connectivity index (χ1n) is 8.76. The van der Waals surface area contributed by atoms with E-state index in [1.54, 1.807) is 7.11 Å². The smallest absolute Gasteiger partial charge is 0.119 e. The molecule has 0 saturated heterocycles. The number of ether oxygens (including phenoxy) is 1. The normalized spacial score (nSPS) is 21.3. The van der Waals surface area contributed by atoms with Crippen molar-refractivity contribution in [3.05, 3.63) is 65.7 Å². The summed E-state index contributed by atoms with van der Waals surface area (Å²) in [7, 11) is 6.00. The second-order valence-electron chi connectivity index (χ2n) is 6.94. The molecule has 1 fully saturated rings. The molecule has 0 bridgehead atoms. The highest BCUT2D eigenvalue weighted by atomic mass is 16.5. The Morgan fingerprint density at radius 2 is 1.83 bits per heavy atom. The maximum Gasteiger partial charge on any atom is 0.119 e. The van der Waals surface area contributed by atoms with Gasteiger partial charge in [0.2, 0.25) is 0 Å². The quantitative estimate of drug-likeness (QED) is 0.837. The van der Waals surface area contributed by atoms with Gasteiger partial charge in [0, 0.05) is 18.6 Å². The predicted octanol–water partition coefficient (Wildman–Crippen LogP) is 3.83. The summed E-state index contributed by atoms with van der Waals surface area (Å²) in [6, 6.07) is 20.2. The second-order valence-corrected chi connectivity index (χ2v) is 6.94. The van der Waals surface area contributed by atoms with Crippen molar-refractivity contribution in [3.8, 4) is 5.75 Å². The van der Waals surface area contributed by atoms with Gasteiger partial charge in [-0.2, -0.15) is 0 Å². The lowest BCUT2D eigenvalue weighted by Crippen LogP contribution is -2.43. The van der Waals surface area contributed by atoms with Crippen molar-refractivity contribution < 1.29 is 4.74 Å². The summed E-state index contributed by atoms with van der Waals surface area (Å²) < 4.78 is 5.37. The first-order valence-corrected chi connectivity index (χ1v) is 8.76. The monoisotopic (exact) mass is 324 g/mol. The molecule has 128 valence electrons. The van der Waals surface area contributed by atoms with Crippen LogP contribution in [0.3, 0.4) is 0 Å². The fourth-order valence-corrected chi connectivity index (χ4v) is 3.51. The minimum Gasteiger partial charge on any atom is -0.497 e. The average Bonchev–Trinajstić information content (AvgIpc) is 2.57. The standard InChI is InChI=1S/C21H28N2O/c1-23(2)21(17-10-7-11-20(14-17)24-3)15-22-19-12-18(13-19)16-8-5-4-6-9-16/h4-11,14,18-19,21-22H,12-13,15H2,1-3H3. The third kappa shape index (κ3) is 3.97. The Morgan fingerprint density at radius 3 is 2.50 bits per heavy atom. The first kappa shape index (κ1) is 17.0. The Labute approximate surface area is 145 Å². The first-order chi connectivity index (χ1) is 11.7. The van der Waals surface area contributed by atoms with E-state index in [-0.39, 0.29) is 0 Å². The summed E-state index contributed by atoms with van der Waals surface area (Å²) in [5.74, 6) is 1.64. The molecule has 1 N–H and O–H groups in total. The van der Waals surface area contributed by atoms with Crippen molar-refractivity contribution in [3.63, 3.8) is 0 Å². The molecule has 3 heteroatoms. The lowest BCUT2D eigenvalue weighted by atomic mass is 9.76. The van der Waals surface area contributed by atoms with Crippen LogP contribution in [0.25, 0.3) is 0 Å². The summed E-state index contributed by atoms with van der Waals surface area (Å²) in [5.41, 5.74) is 2.78. The Hall–Kier alpha value is -1.84. The number of likely N-dealkylation sites (N-methyl/N-ethyl adjacent to an activating group) is 1. The molecule has 24 heavy (non-hydrogen) atoms. The summed E-state index contributed by atoms with van der Waals surface area (Å²) in [6.45, 7) is 0.965. The lowest BCUT2D eigenvalue weighted by Gasteiger charge is -2.38. The van der Waals surface area contributed by atoms with Gasteiger partial charge in [-0.15, -0.1) is 0 Å². The van der Waals surface area contributed by atoms with E-state index in [2.05, 4.69) is 72.8 Å². The van der Waals surface area contributed by atoms with Gasteiger partial charge in [0.1, 0.15) is 5.75 Å². The molecule has 1 saturated carbocycles. The van der Waals surface area contributed by atoms with Crippen LogP contribution in [0.4, 0.5) is 0 Å². The fraction of sp³-hybridized carbons (Fsp3) is 0.429. The van der Waals surface area contributed by atoms with E-state index in [4.69, 9.17) is 4.74 Å². The van der Waals surface area contributed by atoms with Crippen LogP contribution in [-0.4, -0.2) is 38.7 Å². The average molecular weight is 324 g/mol. The van der Waals surface area contributed by atoms with Crippen molar-refractivity contribution in [2.24, 2.45) is 0 Å². The van der Waals surface area contributed by atoms with Crippen LogP contribution in [0.2, 0.25) is 0 Å². The van der Waals surface area contributed by atoms with Crippen LogP contribution in [0.5, 0.6) is 5.75 Å². The maximum atomic E-state index is 5.37. The van der Waals surface area contributed by atoms with Crippen LogP contribution in [0.1, 0.15) is 35.9 Å². The van der Waals surface area contributed by atoms with Crippen molar-refractivity contribution in [1.29, 1.82) is 0 Å². The zero-order chi connectivity index (χ0) is 16.9. The van der Waals surface area contributed by atoms with E-state index in [1.807, 2.05) is 6.07 Å². The van der Waals surface area contributed by atoms with Gasteiger partial charge in [0.25, 0.3) is 0 Å². The third-order valence-corrected chi connectivity index (χ3v) is 5.11. The molecule has 0 amide bonds. The van der Waals surface area contributed by atoms with Gasteiger partial charge in [-0.3, -0.25) is 0 Å². The van der Waals surface area contributed by atoms with Crippen LogP contribution >= 0.6 is 0 Å². The molecule has 3 rings (SSSR count). The molecule has 1 aliphatic carbocycles. The van der Waals surface area contributed by atoms with Crippen molar-refractivity contribution in [2.45, 2.75) is 30.8 Å². The van der Waals surface area contributed by atoms with E-state index >= 15 is 0 Å². The third-order valence-electron chi connectivity index (χ3n) is 5.11. The van der Waals surface area contributed by atoms with E-state index < -0.39 is 0 Å². The molecule has 0 spiro atoms. The summed E-state index contributed by atoms with van der Waals surface area (Å²) in [5, 5.41) is 3.75. The van der Waals surface area contributed by atoms with Crippen LogP contribution in [0, 0.1) is 0 Å². The molecule has 3 nitrogen and oxygen atoms in total. The fourth-order valence-electron chi connectivity index (χ4n) is 3.51. The molecule has 0 heterocycles. The van der Waals surface area contributed by atoms with Gasteiger partial charge in [-0.1, -0.05) is 42.5 Å². The van der Waals surface area contributed by atoms with Crippen molar-refractivity contribution in [1.82, 2.24) is 10.2 Å². The molecule has 0 radical (unpaired) electrons. The van der Waals surface area contributed by atoms with Gasteiger partial charge in [0.15, 0.2) is 0 Å². The van der Waals surface area contributed by atoms with E-state index in [0.717, 1.165) is 18.2 Å². The van der Waals surface area contributed by atoms with Crippen LogP contribution < -0.4 is 10.1 Å². The van der Waals surface area contributed by atoms with Crippen LogP contribution in [0.15, 0.2) is 54.6 Å². The molecule has 0 aliphatic heterocycles. The zero-order valence-electron chi connectivity index (χ0n) is 14.9. The highest BCUT2D eigenvalue weighted by Gasteiger charge is 2.30. The minimum absolute atomic E-state index is 0.357. The number of nitrogens with one attached hydrogen (secondary N) is 1. The molecule has 2 aromatic carbocycles. The van der Waals surface area contributed by atoms with Gasteiger partial charge in [-0.25, -0.2) is 0 Å². The lowest BCUT2D eigenvalue weighted by molar-refractivity contribution is 0.237. The topological polar surface area (TPSA) is 24.5 Å². The zero-order valence-corrected chi connectivity index (χ0v) is 14.9. The predicted molar refractivity (Wildman–Crippen MR) is 99.6 cm³/mol. The largest absolute Gasteiger partial charge is 0.497 e. The number of hydrogen-bond donors (Lipinski definition) is 1. The maximum absolute atomic E-state index is 5.37. The SMILES string of the molecule is COc1cccc(C(CNC2CC(c3ccccc3)C2)N(C)C)c1. The summed E-state index contributed by atoms with van der Waals surface area (Å²) in [4.78, 5) is 2.27. The van der Waals surface area contributed by atoms with E-state index in [1.165, 1.54) is 24.0 Å². The Kier molecular flexibility index (Phi) is 5.54. The molecular formula is C21H28N2O. The van der Waals surface area contributed by atoms with Gasteiger partial charge in [-0.05, 0) is 56.1 Å². The Morgan fingerprint density at radius 1 is 1.08 bits per heavy atom. The summed E-state index contributed by atoms with van der Waals surface area (Å²) >= 11 is 0. The molecule has 1 aliphatic rings. The molecule has 2 aromatic rings. The van der Waals surface area contributed by atoms with Gasteiger partial charge < -0.3 is 15.0 Å². The highest BCUT2D eigenvalue weighted by Crippen LogP contribution is 2.37. The van der Waals surface area contributed by atoms with E-state index in [0.29, 0.717) is 12.1 Å². The van der Waals surface area contributed by atoms with Crippen molar-refractivity contribution >= 4 is 0 Å². The van der Waals surface area contributed by atoms with Gasteiger partial charge >= 0.3 is 0 Å². The second kappa shape index (κ2) is 7.82.